The number of hydrogen-bond acceptors (Lipinski definition) is 2. The third kappa shape index (κ3) is 3.78. The first kappa shape index (κ1) is 18.1. The Hall–Kier alpha value is -1.71. The molecule has 1 fully saturated rings. The largest absolute Gasteiger partial charge is 0.406 e. The Kier molecular flexibility index (Phi) is 5.26. The van der Waals surface area contributed by atoms with Crippen LogP contribution in [0.15, 0.2) is 60.7 Å². The molecule has 0 heterocycles. The fraction of sp³-hybridized carbons (Fsp3) is 0.409. The van der Waals surface area contributed by atoms with Crippen molar-refractivity contribution in [2.24, 2.45) is 10.8 Å². The molecule has 1 aliphatic carbocycles. The molecule has 0 saturated heterocycles. The van der Waals surface area contributed by atoms with Crippen molar-refractivity contribution < 1.29 is 9.22 Å². The van der Waals surface area contributed by atoms with Crippen LogP contribution >= 0.6 is 0 Å². The van der Waals surface area contributed by atoms with E-state index in [0.29, 0.717) is 0 Å². The Morgan fingerprint density at radius 1 is 0.960 bits per heavy atom. The van der Waals surface area contributed by atoms with Crippen molar-refractivity contribution in [2.75, 3.05) is 0 Å². The van der Waals surface area contributed by atoms with E-state index in [9.17, 15) is 4.79 Å². The summed E-state index contributed by atoms with van der Waals surface area (Å²) in [5.74, 6) is 0. The average Bonchev–Trinajstić information content (AvgIpc) is 2.58. The van der Waals surface area contributed by atoms with Gasteiger partial charge in [0.25, 0.3) is 0 Å². The van der Waals surface area contributed by atoms with Gasteiger partial charge in [-0.1, -0.05) is 87.9 Å². The Morgan fingerprint density at radius 3 is 1.76 bits per heavy atom. The van der Waals surface area contributed by atoms with Crippen LogP contribution < -0.4 is 10.4 Å². The molecule has 1 unspecified atom stereocenters. The third-order valence-corrected chi connectivity index (χ3v) is 7.83. The molecular formula is C22H28O2Si. The van der Waals surface area contributed by atoms with Gasteiger partial charge in [0.05, 0.1) is 11.5 Å². The Morgan fingerprint density at radius 2 is 1.44 bits per heavy atom. The van der Waals surface area contributed by atoms with Crippen LogP contribution in [-0.2, 0) is 9.22 Å². The first-order valence-corrected chi connectivity index (χ1v) is 10.8. The van der Waals surface area contributed by atoms with Gasteiger partial charge in [0.1, 0.15) is 6.29 Å². The maximum absolute atomic E-state index is 12.0. The normalized spacial score (nSPS) is 17.8. The lowest BCUT2D eigenvalue weighted by Gasteiger charge is -2.50. The Balaban J connectivity index is 1.99. The summed E-state index contributed by atoms with van der Waals surface area (Å²) in [7, 11) is -1.86. The van der Waals surface area contributed by atoms with Crippen molar-refractivity contribution in [3.8, 4) is 0 Å². The molecule has 1 saturated carbocycles. The van der Waals surface area contributed by atoms with E-state index >= 15 is 0 Å². The summed E-state index contributed by atoms with van der Waals surface area (Å²) >= 11 is 0. The van der Waals surface area contributed by atoms with Gasteiger partial charge in [-0.25, -0.2) is 0 Å². The number of carbonyl (C=O) groups is 1. The van der Waals surface area contributed by atoms with E-state index in [-0.39, 0.29) is 16.9 Å². The highest BCUT2D eigenvalue weighted by Crippen LogP contribution is 2.49. The Labute approximate surface area is 153 Å². The molecule has 0 amide bonds. The zero-order chi connectivity index (χ0) is 17.9. The van der Waals surface area contributed by atoms with Gasteiger partial charge in [0.2, 0.25) is 9.04 Å². The second kappa shape index (κ2) is 7.26. The van der Waals surface area contributed by atoms with Gasteiger partial charge in [-0.2, -0.15) is 0 Å². The summed E-state index contributed by atoms with van der Waals surface area (Å²) in [5.41, 5.74) is -0.386. The van der Waals surface area contributed by atoms with Gasteiger partial charge in [0.15, 0.2) is 0 Å². The zero-order valence-corrected chi connectivity index (χ0v) is 16.6. The molecule has 0 radical (unpaired) electrons. The molecule has 0 aromatic heterocycles. The van der Waals surface area contributed by atoms with Gasteiger partial charge >= 0.3 is 0 Å². The van der Waals surface area contributed by atoms with Gasteiger partial charge in [-0.05, 0) is 28.6 Å². The van der Waals surface area contributed by atoms with Crippen LogP contribution in [0, 0.1) is 10.8 Å². The van der Waals surface area contributed by atoms with E-state index in [1.54, 1.807) is 0 Å². The summed E-state index contributed by atoms with van der Waals surface area (Å²) in [6.45, 7) is 6.59. The monoisotopic (exact) mass is 352 g/mol. The molecule has 2 nitrogen and oxygen atoms in total. The van der Waals surface area contributed by atoms with Crippen LogP contribution in [0.25, 0.3) is 0 Å². The fourth-order valence-corrected chi connectivity index (χ4v) is 6.76. The van der Waals surface area contributed by atoms with Crippen molar-refractivity contribution in [3.05, 3.63) is 60.7 Å². The lowest BCUT2D eigenvalue weighted by atomic mass is 9.60. The van der Waals surface area contributed by atoms with Crippen LogP contribution in [0.4, 0.5) is 0 Å². The van der Waals surface area contributed by atoms with Crippen LogP contribution in [-0.4, -0.2) is 21.4 Å². The average molecular weight is 353 g/mol. The lowest BCUT2D eigenvalue weighted by molar-refractivity contribution is -0.136. The Bertz CT molecular complexity index is 647. The van der Waals surface area contributed by atoms with Gasteiger partial charge < -0.3 is 9.22 Å². The molecule has 2 aromatic carbocycles. The third-order valence-electron chi connectivity index (χ3n) is 5.30. The quantitative estimate of drug-likeness (QED) is 0.589. The molecule has 0 N–H and O–H groups in total. The predicted octanol–water partition coefficient (Wildman–Crippen LogP) is 3.33. The number of carbonyl (C=O) groups excluding carboxylic acids is 1. The van der Waals surface area contributed by atoms with E-state index in [2.05, 4.69) is 69.3 Å². The minimum Gasteiger partial charge on any atom is -0.406 e. The van der Waals surface area contributed by atoms with Gasteiger partial charge in [0, 0.05) is 0 Å². The number of rotatable bonds is 6. The van der Waals surface area contributed by atoms with Crippen molar-refractivity contribution in [3.63, 3.8) is 0 Å². The number of hydrogen-bond donors (Lipinski definition) is 0. The summed E-state index contributed by atoms with van der Waals surface area (Å²) in [6, 6.07) is 21.0. The highest BCUT2D eigenvalue weighted by atomic mass is 28.3. The molecule has 1 aliphatic rings. The summed E-state index contributed by atoms with van der Waals surface area (Å²) < 4.78 is 6.89. The summed E-state index contributed by atoms with van der Waals surface area (Å²) in [5, 5.41) is 2.53. The van der Waals surface area contributed by atoms with E-state index in [1.807, 2.05) is 12.1 Å². The van der Waals surface area contributed by atoms with E-state index in [0.717, 1.165) is 19.3 Å². The summed E-state index contributed by atoms with van der Waals surface area (Å²) in [4.78, 5) is 12.0. The van der Waals surface area contributed by atoms with Crippen molar-refractivity contribution >= 4 is 25.7 Å². The van der Waals surface area contributed by atoms with Crippen molar-refractivity contribution in [1.82, 2.24) is 0 Å². The van der Waals surface area contributed by atoms with E-state index in [1.165, 1.54) is 16.7 Å². The van der Waals surface area contributed by atoms with Crippen molar-refractivity contribution in [1.29, 1.82) is 0 Å². The van der Waals surface area contributed by atoms with Crippen LogP contribution in [0.1, 0.15) is 40.0 Å². The lowest BCUT2D eigenvalue weighted by Crippen LogP contribution is -2.57. The molecule has 0 spiro atoms. The maximum Gasteiger partial charge on any atom is 0.240 e. The predicted molar refractivity (Wildman–Crippen MR) is 106 cm³/mol. The molecule has 1 atom stereocenters. The van der Waals surface area contributed by atoms with E-state index in [4.69, 9.17) is 4.43 Å². The molecule has 0 aliphatic heterocycles. The second-order valence-electron chi connectivity index (χ2n) is 8.29. The standard InChI is InChI=1S/C22H28O2Si/c1-21(2,3)20(22(17-23)15-10-16-22)24-25(18-11-6-4-7-12-18)19-13-8-5-9-14-19/h4-9,11-14,17,20,25H,10,15-16H2,1-3H3. The summed E-state index contributed by atoms with van der Waals surface area (Å²) in [6.07, 6.45) is 4.14. The first-order valence-electron chi connectivity index (χ1n) is 9.18. The SMILES string of the molecule is CC(C)(C)C(O[SiH](c1ccccc1)c1ccccc1)C1(C=O)CCC1. The number of aldehydes is 1. The first-order chi connectivity index (χ1) is 12.0. The zero-order valence-electron chi connectivity index (χ0n) is 15.4. The van der Waals surface area contributed by atoms with E-state index < -0.39 is 9.04 Å². The van der Waals surface area contributed by atoms with Crippen molar-refractivity contribution in [2.45, 2.75) is 46.1 Å². The maximum atomic E-state index is 12.0. The van der Waals surface area contributed by atoms with Gasteiger partial charge in [-0.3, -0.25) is 0 Å². The number of benzene rings is 2. The molecule has 3 heteroatoms. The molecule has 0 bridgehead atoms. The smallest absolute Gasteiger partial charge is 0.240 e. The topological polar surface area (TPSA) is 26.3 Å². The van der Waals surface area contributed by atoms with Crippen LogP contribution in [0.5, 0.6) is 0 Å². The molecular weight excluding hydrogens is 324 g/mol. The minimum atomic E-state index is -1.86. The fourth-order valence-electron chi connectivity index (χ4n) is 3.97. The second-order valence-corrected chi connectivity index (χ2v) is 10.7. The highest BCUT2D eigenvalue weighted by molar-refractivity contribution is 6.80. The van der Waals surface area contributed by atoms with Crippen LogP contribution in [0.2, 0.25) is 0 Å². The minimum absolute atomic E-state index is 0.0525. The van der Waals surface area contributed by atoms with Gasteiger partial charge in [-0.15, -0.1) is 0 Å². The molecule has 3 rings (SSSR count). The highest BCUT2D eigenvalue weighted by Gasteiger charge is 2.50. The molecule has 2 aromatic rings. The molecule has 132 valence electrons. The molecule has 25 heavy (non-hydrogen) atoms. The van der Waals surface area contributed by atoms with Crippen LogP contribution in [0.3, 0.4) is 0 Å².